The average molecular weight is 344 g/mol. The lowest BCUT2D eigenvalue weighted by molar-refractivity contribution is 0.104. The fourth-order valence-electron chi connectivity index (χ4n) is 2.68. The van der Waals surface area contributed by atoms with Gasteiger partial charge >= 0.3 is 0 Å². The van der Waals surface area contributed by atoms with Crippen LogP contribution in [0.1, 0.15) is 29.8 Å². The number of hydrogen-bond acceptors (Lipinski definition) is 5. The van der Waals surface area contributed by atoms with Crippen molar-refractivity contribution in [2.24, 2.45) is 0 Å². The Morgan fingerprint density at radius 1 is 1.25 bits per heavy atom. The second-order valence-corrected chi connectivity index (χ2v) is 7.07. The van der Waals surface area contributed by atoms with Crippen molar-refractivity contribution in [2.45, 2.75) is 31.9 Å². The van der Waals surface area contributed by atoms with E-state index in [0.29, 0.717) is 11.7 Å². The van der Waals surface area contributed by atoms with E-state index in [-0.39, 0.29) is 6.61 Å². The number of benzene rings is 1. The molecule has 1 aliphatic rings. The molecule has 0 radical (unpaired) electrons. The van der Waals surface area contributed by atoms with E-state index in [2.05, 4.69) is 29.4 Å². The molecular weight excluding hydrogens is 320 g/mol. The minimum Gasteiger partial charge on any atom is -0.490 e. The van der Waals surface area contributed by atoms with Crippen LogP contribution in [-0.4, -0.2) is 34.4 Å². The van der Waals surface area contributed by atoms with E-state index in [4.69, 9.17) is 4.74 Å². The number of aliphatic hydroxyl groups excluding tert-OH is 1. The highest BCUT2D eigenvalue weighted by Gasteiger charge is 2.15. The number of ether oxygens (including phenoxy) is 1. The Kier molecular flexibility index (Phi) is 6.12. The lowest BCUT2D eigenvalue weighted by Crippen LogP contribution is -2.25. The zero-order valence-electron chi connectivity index (χ0n) is 13.9. The predicted octanol–water partition coefficient (Wildman–Crippen LogP) is 2.96. The molecule has 5 heteroatoms. The van der Waals surface area contributed by atoms with Crippen molar-refractivity contribution in [3.63, 3.8) is 0 Å². The van der Waals surface area contributed by atoms with Crippen molar-refractivity contribution >= 4 is 11.8 Å². The van der Waals surface area contributed by atoms with Crippen LogP contribution in [0.3, 0.4) is 0 Å². The van der Waals surface area contributed by atoms with Gasteiger partial charge in [-0.15, -0.1) is 11.8 Å². The molecule has 1 aromatic carbocycles. The number of aryl methyl sites for hydroxylation is 1. The molecule has 0 spiro atoms. The third-order valence-electron chi connectivity index (χ3n) is 4.20. The smallest absolute Gasteiger partial charge is 0.130 e. The van der Waals surface area contributed by atoms with E-state index in [1.54, 1.807) is 0 Å². The molecule has 3 rings (SSSR count). The first kappa shape index (κ1) is 17.3. The summed E-state index contributed by atoms with van der Waals surface area (Å²) >= 11 is 1.95. The van der Waals surface area contributed by atoms with Gasteiger partial charge in [-0.05, 0) is 42.2 Å². The molecule has 128 valence electrons. The zero-order chi connectivity index (χ0) is 16.8. The number of aliphatic hydroxyl groups is 1. The normalized spacial score (nSPS) is 18.5. The quantitative estimate of drug-likeness (QED) is 0.809. The molecule has 2 atom stereocenters. The summed E-state index contributed by atoms with van der Waals surface area (Å²) in [5.74, 6) is 3.00. The first-order valence-electron chi connectivity index (χ1n) is 8.40. The van der Waals surface area contributed by atoms with Crippen LogP contribution in [0.25, 0.3) is 0 Å². The van der Waals surface area contributed by atoms with Gasteiger partial charge in [0.25, 0.3) is 0 Å². The highest BCUT2D eigenvalue weighted by molar-refractivity contribution is 7.99. The van der Waals surface area contributed by atoms with Gasteiger partial charge < -0.3 is 15.2 Å². The second-order valence-electron chi connectivity index (χ2n) is 6.04. The summed E-state index contributed by atoms with van der Waals surface area (Å²) in [6.45, 7) is 2.29. The first-order valence-corrected chi connectivity index (χ1v) is 9.56. The summed E-state index contributed by atoms with van der Waals surface area (Å²) in [4.78, 5) is 4.29. The molecule has 0 bridgehead atoms. The Balaban J connectivity index is 1.50. The average Bonchev–Trinajstić information content (AvgIpc) is 3.14. The number of nitrogens with one attached hydrogen (secondary N) is 1. The molecule has 2 aromatic rings. The van der Waals surface area contributed by atoms with Crippen LogP contribution >= 0.6 is 11.8 Å². The molecule has 1 aliphatic heterocycles. The van der Waals surface area contributed by atoms with Crippen LogP contribution in [-0.2, 0) is 12.8 Å². The Labute approximate surface area is 147 Å². The highest BCUT2D eigenvalue weighted by Crippen LogP contribution is 2.19. The SMILES string of the molecule is CCc1ccc(C(O)COc2ccc(CC3CSCN3)cc2)nc1. The third kappa shape index (κ3) is 4.72. The topological polar surface area (TPSA) is 54.4 Å². The molecule has 2 heterocycles. The molecule has 0 amide bonds. The number of rotatable bonds is 7. The fraction of sp³-hybridized carbons (Fsp3) is 0.421. The van der Waals surface area contributed by atoms with Gasteiger partial charge in [-0.2, -0.15) is 0 Å². The molecule has 0 aliphatic carbocycles. The predicted molar refractivity (Wildman–Crippen MR) is 98.5 cm³/mol. The molecule has 1 saturated heterocycles. The minimum absolute atomic E-state index is 0.207. The van der Waals surface area contributed by atoms with Crippen LogP contribution in [0.4, 0.5) is 0 Å². The monoisotopic (exact) mass is 344 g/mol. The maximum atomic E-state index is 10.2. The van der Waals surface area contributed by atoms with Crippen molar-refractivity contribution in [2.75, 3.05) is 18.2 Å². The van der Waals surface area contributed by atoms with Gasteiger partial charge in [-0.25, -0.2) is 0 Å². The Hall–Kier alpha value is -1.56. The standard InChI is InChI=1S/C19H24N2O2S/c1-2-14-5-8-18(20-10-14)19(22)11-23-17-6-3-15(4-7-17)9-16-12-24-13-21-16/h3-8,10,16,19,21-22H,2,9,11-13H2,1H3. The molecule has 4 nitrogen and oxygen atoms in total. The number of nitrogens with zero attached hydrogens (tertiary/aromatic N) is 1. The van der Waals surface area contributed by atoms with Gasteiger partial charge in [0.2, 0.25) is 0 Å². The van der Waals surface area contributed by atoms with E-state index in [1.165, 1.54) is 11.3 Å². The summed E-state index contributed by atoms with van der Waals surface area (Å²) in [6, 6.07) is 12.6. The van der Waals surface area contributed by atoms with Crippen LogP contribution in [0.2, 0.25) is 0 Å². The highest BCUT2D eigenvalue weighted by atomic mass is 32.2. The van der Waals surface area contributed by atoms with Crippen LogP contribution in [0.15, 0.2) is 42.6 Å². The summed E-state index contributed by atoms with van der Waals surface area (Å²) in [5, 5.41) is 13.7. The summed E-state index contributed by atoms with van der Waals surface area (Å²) in [5.41, 5.74) is 3.12. The van der Waals surface area contributed by atoms with Gasteiger partial charge in [0.05, 0.1) is 5.69 Å². The summed E-state index contributed by atoms with van der Waals surface area (Å²) in [6.07, 6.45) is 3.09. The van der Waals surface area contributed by atoms with Crippen molar-refractivity contribution in [1.82, 2.24) is 10.3 Å². The molecule has 2 N–H and O–H groups in total. The Bertz CT molecular complexity index is 625. The molecule has 1 aromatic heterocycles. The maximum Gasteiger partial charge on any atom is 0.130 e. The van der Waals surface area contributed by atoms with Gasteiger partial charge in [0.15, 0.2) is 0 Å². The maximum absolute atomic E-state index is 10.2. The third-order valence-corrected chi connectivity index (χ3v) is 5.21. The van der Waals surface area contributed by atoms with Crippen molar-refractivity contribution in [3.05, 3.63) is 59.4 Å². The first-order chi connectivity index (χ1) is 11.7. The zero-order valence-corrected chi connectivity index (χ0v) is 14.8. The Morgan fingerprint density at radius 2 is 2.04 bits per heavy atom. The van der Waals surface area contributed by atoms with Gasteiger partial charge in [-0.3, -0.25) is 4.98 Å². The Morgan fingerprint density at radius 3 is 2.67 bits per heavy atom. The van der Waals surface area contributed by atoms with Gasteiger partial charge in [-0.1, -0.05) is 25.1 Å². The van der Waals surface area contributed by atoms with Crippen molar-refractivity contribution in [1.29, 1.82) is 0 Å². The minimum atomic E-state index is -0.713. The number of pyridine rings is 1. The molecular formula is C19H24N2O2S. The largest absolute Gasteiger partial charge is 0.490 e. The lowest BCUT2D eigenvalue weighted by atomic mass is 10.1. The second kappa shape index (κ2) is 8.51. The van der Waals surface area contributed by atoms with Crippen LogP contribution in [0, 0.1) is 0 Å². The lowest BCUT2D eigenvalue weighted by Gasteiger charge is -2.13. The molecule has 0 saturated carbocycles. The van der Waals surface area contributed by atoms with E-state index < -0.39 is 6.10 Å². The van der Waals surface area contributed by atoms with Gasteiger partial charge in [0.1, 0.15) is 18.5 Å². The summed E-state index contributed by atoms with van der Waals surface area (Å²) < 4.78 is 5.69. The van der Waals surface area contributed by atoms with Crippen molar-refractivity contribution in [3.8, 4) is 5.75 Å². The molecule has 1 fully saturated rings. The van der Waals surface area contributed by atoms with E-state index in [1.807, 2.05) is 42.2 Å². The van der Waals surface area contributed by atoms with E-state index in [0.717, 1.165) is 30.0 Å². The van der Waals surface area contributed by atoms with Crippen LogP contribution < -0.4 is 10.1 Å². The number of aromatic nitrogens is 1. The number of thioether (sulfide) groups is 1. The van der Waals surface area contributed by atoms with Crippen molar-refractivity contribution < 1.29 is 9.84 Å². The number of hydrogen-bond donors (Lipinski definition) is 2. The van der Waals surface area contributed by atoms with Crippen LogP contribution in [0.5, 0.6) is 5.75 Å². The fourth-order valence-corrected chi connectivity index (χ4v) is 3.67. The van der Waals surface area contributed by atoms with E-state index >= 15 is 0 Å². The van der Waals surface area contributed by atoms with Gasteiger partial charge in [0, 0.05) is 23.9 Å². The molecule has 2 unspecified atom stereocenters. The van der Waals surface area contributed by atoms with E-state index in [9.17, 15) is 5.11 Å². The summed E-state index contributed by atoms with van der Waals surface area (Å²) in [7, 11) is 0. The molecule has 24 heavy (non-hydrogen) atoms.